The van der Waals surface area contributed by atoms with Crippen molar-refractivity contribution >= 4 is 5.97 Å². The molecule has 0 amide bonds. The highest BCUT2D eigenvalue weighted by Gasteiger charge is 2.64. The Balaban J connectivity index is 1.85. The predicted octanol–water partition coefficient (Wildman–Crippen LogP) is 2.94. The van der Waals surface area contributed by atoms with Gasteiger partial charge in [-0.25, -0.2) is 0 Å². The van der Waals surface area contributed by atoms with Crippen LogP contribution in [0.5, 0.6) is 0 Å². The molecule has 2 aliphatic carbocycles. The second-order valence-corrected chi connectivity index (χ2v) is 6.98. The van der Waals surface area contributed by atoms with Crippen LogP contribution in [0.3, 0.4) is 0 Å². The zero-order valence-corrected chi connectivity index (χ0v) is 11.6. The molecule has 3 heteroatoms. The summed E-state index contributed by atoms with van der Waals surface area (Å²) in [7, 11) is 0. The van der Waals surface area contributed by atoms with Gasteiger partial charge in [0.1, 0.15) is 0 Å². The summed E-state index contributed by atoms with van der Waals surface area (Å²) in [6.45, 7) is 6.42. The standard InChI is InChI=1S/C15H24O3/c1-8-4-5-11(9(2)14(16)17)12-10(8)6-7-15(3)13(12)18-15/h8-13H,4-7H2,1-3H3,(H,16,17)/t8?,9?,10-,11+,12-,13?,15+/m0/s1. The van der Waals surface area contributed by atoms with Crippen molar-refractivity contribution < 1.29 is 14.6 Å². The minimum Gasteiger partial charge on any atom is -0.481 e. The molecule has 1 saturated heterocycles. The maximum absolute atomic E-state index is 11.3. The highest BCUT2D eigenvalue weighted by Crippen LogP contribution is 2.60. The zero-order valence-electron chi connectivity index (χ0n) is 11.6. The Kier molecular flexibility index (Phi) is 2.74. The van der Waals surface area contributed by atoms with Gasteiger partial charge < -0.3 is 9.84 Å². The van der Waals surface area contributed by atoms with Gasteiger partial charge in [0.25, 0.3) is 0 Å². The van der Waals surface area contributed by atoms with Crippen LogP contribution in [0.4, 0.5) is 0 Å². The number of carboxylic acids is 1. The lowest BCUT2D eigenvalue weighted by Crippen LogP contribution is -2.45. The molecule has 1 heterocycles. The molecule has 0 aromatic carbocycles. The Morgan fingerprint density at radius 3 is 2.78 bits per heavy atom. The fourth-order valence-electron chi connectivity index (χ4n) is 4.65. The van der Waals surface area contributed by atoms with Crippen LogP contribution in [0.25, 0.3) is 0 Å². The van der Waals surface area contributed by atoms with Gasteiger partial charge in [0.15, 0.2) is 0 Å². The Morgan fingerprint density at radius 1 is 1.39 bits per heavy atom. The summed E-state index contributed by atoms with van der Waals surface area (Å²) < 4.78 is 5.95. The minimum absolute atomic E-state index is 0.0781. The molecular formula is C15H24O3. The van der Waals surface area contributed by atoms with E-state index in [1.165, 1.54) is 12.8 Å². The van der Waals surface area contributed by atoms with Crippen molar-refractivity contribution in [1.29, 1.82) is 0 Å². The molecule has 0 aromatic heterocycles. The van der Waals surface area contributed by atoms with Crippen molar-refractivity contribution in [3.05, 3.63) is 0 Å². The van der Waals surface area contributed by atoms with E-state index in [2.05, 4.69) is 13.8 Å². The number of aliphatic carboxylic acids is 1. The Labute approximate surface area is 109 Å². The number of fused-ring (bicyclic) bond motifs is 3. The molecule has 0 bridgehead atoms. The van der Waals surface area contributed by atoms with Gasteiger partial charge in [0.05, 0.1) is 17.6 Å². The van der Waals surface area contributed by atoms with Gasteiger partial charge >= 0.3 is 5.97 Å². The van der Waals surface area contributed by atoms with Gasteiger partial charge in [-0.05, 0) is 49.9 Å². The number of carbonyl (C=O) groups is 1. The maximum atomic E-state index is 11.3. The van der Waals surface area contributed by atoms with Crippen LogP contribution >= 0.6 is 0 Å². The van der Waals surface area contributed by atoms with Gasteiger partial charge in [-0.15, -0.1) is 0 Å². The number of hydrogen-bond donors (Lipinski definition) is 1. The number of carboxylic acid groups (broad SMARTS) is 1. The normalized spacial score (nSPS) is 52.1. The van der Waals surface area contributed by atoms with Gasteiger partial charge in [-0.3, -0.25) is 4.79 Å². The molecule has 0 aromatic rings. The SMILES string of the molecule is CC(C(=O)O)[C@H]1CCC(C)[C@@H]2CC[C@@]3(C)OC3[C@H]12. The van der Waals surface area contributed by atoms with Crippen LogP contribution in [0.2, 0.25) is 0 Å². The van der Waals surface area contributed by atoms with Crippen LogP contribution in [0.15, 0.2) is 0 Å². The topological polar surface area (TPSA) is 49.8 Å². The minimum atomic E-state index is -0.638. The molecule has 7 atom stereocenters. The predicted molar refractivity (Wildman–Crippen MR) is 68.2 cm³/mol. The third kappa shape index (κ3) is 1.70. The summed E-state index contributed by atoms with van der Waals surface area (Å²) in [6, 6.07) is 0. The molecular weight excluding hydrogens is 228 g/mol. The molecule has 0 radical (unpaired) electrons. The first-order valence-electron chi connectivity index (χ1n) is 7.34. The molecule has 3 rings (SSSR count). The van der Waals surface area contributed by atoms with E-state index in [4.69, 9.17) is 4.74 Å². The molecule has 2 saturated carbocycles. The lowest BCUT2D eigenvalue weighted by Gasteiger charge is -2.45. The maximum Gasteiger partial charge on any atom is 0.306 e. The Morgan fingerprint density at radius 2 is 2.11 bits per heavy atom. The third-order valence-corrected chi connectivity index (χ3v) is 5.97. The highest BCUT2D eigenvalue weighted by molar-refractivity contribution is 5.70. The monoisotopic (exact) mass is 252 g/mol. The molecule has 0 spiro atoms. The quantitative estimate of drug-likeness (QED) is 0.769. The number of hydrogen-bond acceptors (Lipinski definition) is 2. The lowest BCUT2D eigenvalue weighted by atomic mass is 9.57. The summed E-state index contributed by atoms with van der Waals surface area (Å²) >= 11 is 0. The van der Waals surface area contributed by atoms with Crippen LogP contribution in [0.1, 0.15) is 46.5 Å². The van der Waals surface area contributed by atoms with E-state index in [0.29, 0.717) is 23.9 Å². The lowest BCUT2D eigenvalue weighted by molar-refractivity contribution is -0.145. The van der Waals surface area contributed by atoms with Crippen molar-refractivity contribution in [2.45, 2.75) is 58.2 Å². The summed E-state index contributed by atoms with van der Waals surface area (Å²) in [5.74, 6) is 1.36. The fourth-order valence-corrected chi connectivity index (χ4v) is 4.65. The van der Waals surface area contributed by atoms with E-state index in [1.807, 2.05) is 6.92 Å². The van der Waals surface area contributed by atoms with Crippen molar-refractivity contribution in [2.24, 2.45) is 29.6 Å². The van der Waals surface area contributed by atoms with E-state index in [0.717, 1.165) is 18.8 Å². The zero-order chi connectivity index (χ0) is 13.1. The molecule has 1 N–H and O–H groups in total. The molecule has 3 fully saturated rings. The summed E-state index contributed by atoms with van der Waals surface area (Å²) in [4.78, 5) is 11.3. The van der Waals surface area contributed by atoms with Crippen LogP contribution in [-0.4, -0.2) is 22.8 Å². The number of ether oxygens (including phenoxy) is 1. The number of rotatable bonds is 2. The first-order valence-corrected chi connectivity index (χ1v) is 7.34. The average Bonchev–Trinajstić information content (AvgIpc) is 3.01. The third-order valence-electron chi connectivity index (χ3n) is 5.97. The van der Waals surface area contributed by atoms with Gasteiger partial charge in [-0.2, -0.15) is 0 Å². The molecule has 3 nitrogen and oxygen atoms in total. The van der Waals surface area contributed by atoms with Gasteiger partial charge in [0.2, 0.25) is 0 Å². The largest absolute Gasteiger partial charge is 0.481 e. The number of epoxide rings is 1. The van der Waals surface area contributed by atoms with Crippen molar-refractivity contribution in [3.63, 3.8) is 0 Å². The van der Waals surface area contributed by atoms with Crippen LogP contribution in [0, 0.1) is 29.6 Å². The van der Waals surface area contributed by atoms with Crippen molar-refractivity contribution in [2.75, 3.05) is 0 Å². The van der Waals surface area contributed by atoms with E-state index in [-0.39, 0.29) is 11.5 Å². The molecule has 3 aliphatic rings. The van der Waals surface area contributed by atoms with Crippen molar-refractivity contribution in [1.82, 2.24) is 0 Å². The van der Waals surface area contributed by atoms with E-state index in [1.54, 1.807) is 0 Å². The Bertz CT molecular complexity index is 367. The van der Waals surface area contributed by atoms with E-state index >= 15 is 0 Å². The van der Waals surface area contributed by atoms with Crippen LogP contribution in [-0.2, 0) is 9.53 Å². The summed E-state index contributed by atoms with van der Waals surface area (Å²) in [6.07, 6.45) is 4.98. The first-order chi connectivity index (χ1) is 8.44. The average molecular weight is 252 g/mol. The Hall–Kier alpha value is -0.570. The van der Waals surface area contributed by atoms with E-state index < -0.39 is 5.97 Å². The van der Waals surface area contributed by atoms with Gasteiger partial charge in [0, 0.05) is 0 Å². The molecule has 102 valence electrons. The fraction of sp³-hybridized carbons (Fsp3) is 0.933. The van der Waals surface area contributed by atoms with Crippen molar-refractivity contribution in [3.8, 4) is 0 Å². The van der Waals surface area contributed by atoms with Gasteiger partial charge in [-0.1, -0.05) is 20.3 Å². The molecule has 3 unspecified atom stereocenters. The summed E-state index contributed by atoms with van der Waals surface area (Å²) in [5.41, 5.74) is 0.0781. The molecule has 18 heavy (non-hydrogen) atoms. The second-order valence-electron chi connectivity index (χ2n) is 6.98. The van der Waals surface area contributed by atoms with Crippen LogP contribution < -0.4 is 0 Å². The highest BCUT2D eigenvalue weighted by atomic mass is 16.6. The smallest absolute Gasteiger partial charge is 0.306 e. The van der Waals surface area contributed by atoms with E-state index in [9.17, 15) is 9.90 Å². The second kappa shape index (κ2) is 3.96. The molecule has 1 aliphatic heterocycles. The first kappa shape index (κ1) is 12.5. The summed E-state index contributed by atoms with van der Waals surface area (Å²) in [5, 5.41) is 9.31.